The van der Waals surface area contributed by atoms with Gasteiger partial charge in [0.1, 0.15) is 22.8 Å². The summed E-state index contributed by atoms with van der Waals surface area (Å²) in [5, 5.41) is 3.68. The van der Waals surface area contributed by atoms with Crippen LogP contribution >= 0.6 is 0 Å². The number of likely N-dealkylation sites (N-methyl/N-ethyl adjacent to an activating group) is 1. The number of carbonyl (C=O) groups excluding carboxylic acids is 2. The molecular formula is C26H32FN5O6S. The zero-order valence-electron chi connectivity index (χ0n) is 22.4. The van der Waals surface area contributed by atoms with Crippen LogP contribution in [0.25, 0.3) is 0 Å². The fourth-order valence-electron chi connectivity index (χ4n) is 5.60. The van der Waals surface area contributed by atoms with E-state index >= 15 is 0 Å². The van der Waals surface area contributed by atoms with Gasteiger partial charge < -0.3 is 14.5 Å². The highest BCUT2D eigenvalue weighted by atomic mass is 32.2. The summed E-state index contributed by atoms with van der Waals surface area (Å²) in [4.78, 5) is 43.9. The Bertz CT molecular complexity index is 1510. The van der Waals surface area contributed by atoms with Crippen LogP contribution in [0.2, 0.25) is 0 Å². The Kier molecular flexibility index (Phi) is 6.90. The third-order valence-electron chi connectivity index (χ3n) is 7.83. The van der Waals surface area contributed by atoms with Crippen LogP contribution < -0.4 is 19.5 Å². The fourth-order valence-corrected chi connectivity index (χ4v) is 6.97. The molecule has 1 fully saturated rings. The predicted octanol–water partition coefficient (Wildman–Crippen LogP) is 1.77. The van der Waals surface area contributed by atoms with E-state index < -0.39 is 44.4 Å². The predicted molar refractivity (Wildman–Crippen MR) is 142 cm³/mol. The van der Waals surface area contributed by atoms with Crippen molar-refractivity contribution < 1.29 is 27.1 Å². The fraction of sp³-hybridized carbons (Fsp3) is 0.538. The van der Waals surface area contributed by atoms with Crippen LogP contribution in [0.15, 0.2) is 23.0 Å². The Labute approximate surface area is 226 Å². The first-order valence-electron chi connectivity index (χ1n) is 13.1. The maximum absolute atomic E-state index is 14.1. The molecule has 2 aromatic rings. The number of ether oxygens (including phenoxy) is 1. The molecule has 5 rings (SSSR count). The monoisotopic (exact) mass is 561 g/mol. The first kappa shape index (κ1) is 27.1. The Morgan fingerprint density at radius 3 is 2.62 bits per heavy atom. The van der Waals surface area contributed by atoms with Gasteiger partial charge in [-0.2, -0.15) is 0 Å². The minimum absolute atomic E-state index is 0.0591. The van der Waals surface area contributed by atoms with Gasteiger partial charge in [-0.3, -0.25) is 18.7 Å². The summed E-state index contributed by atoms with van der Waals surface area (Å²) in [5.41, 5.74) is -0.520. The number of hydrogen-bond donors (Lipinski definition) is 0. The number of halogens is 1. The summed E-state index contributed by atoms with van der Waals surface area (Å²) in [6.07, 6.45) is 1.43. The Morgan fingerprint density at radius 2 is 1.90 bits per heavy atom. The lowest BCUT2D eigenvalue weighted by atomic mass is 10.0. The maximum Gasteiger partial charge on any atom is 0.280 e. The SMILES string of the molecule is CCN1C[C@H](C)N2c3c4nn(c(=O)c3C(=O)C2C1=O)Cc1ccc(F)cc1OCCCC[C@@H](C)S(=O)(=O)N4C. The van der Waals surface area contributed by atoms with Crippen molar-refractivity contribution >= 4 is 33.2 Å². The molecule has 4 heterocycles. The van der Waals surface area contributed by atoms with E-state index in [0.29, 0.717) is 37.9 Å². The quantitative estimate of drug-likeness (QED) is 0.483. The molecule has 11 nitrogen and oxygen atoms in total. The van der Waals surface area contributed by atoms with Crippen LogP contribution in [-0.4, -0.2) is 78.9 Å². The van der Waals surface area contributed by atoms with Gasteiger partial charge in [-0.25, -0.2) is 17.5 Å². The number of ketones is 1. The molecule has 1 saturated heterocycles. The molecule has 1 amide bonds. The number of amides is 1. The molecular weight excluding hydrogens is 529 g/mol. The number of nitrogens with zero attached hydrogens (tertiary/aromatic N) is 5. The van der Waals surface area contributed by atoms with Gasteiger partial charge in [-0.1, -0.05) is 6.07 Å². The van der Waals surface area contributed by atoms with Gasteiger partial charge in [-0.15, -0.1) is 5.10 Å². The van der Waals surface area contributed by atoms with E-state index in [9.17, 15) is 27.2 Å². The van der Waals surface area contributed by atoms with E-state index in [1.807, 2.05) is 13.8 Å². The lowest BCUT2D eigenvalue weighted by Crippen LogP contribution is -2.61. The molecule has 0 saturated carbocycles. The second kappa shape index (κ2) is 9.92. The minimum Gasteiger partial charge on any atom is -0.493 e. The van der Waals surface area contributed by atoms with E-state index in [1.165, 1.54) is 25.2 Å². The smallest absolute Gasteiger partial charge is 0.280 e. The van der Waals surface area contributed by atoms with Gasteiger partial charge in [0.2, 0.25) is 15.8 Å². The number of carbonyl (C=O) groups is 2. The van der Waals surface area contributed by atoms with Gasteiger partial charge in [-0.05, 0) is 46.1 Å². The summed E-state index contributed by atoms with van der Waals surface area (Å²) in [6.45, 7) is 5.98. The summed E-state index contributed by atoms with van der Waals surface area (Å²) in [5.74, 6) is -1.49. The van der Waals surface area contributed by atoms with Crippen molar-refractivity contribution in [2.45, 2.75) is 63.9 Å². The molecule has 0 aliphatic carbocycles. The van der Waals surface area contributed by atoms with Gasteiger partial charge >= 0.3 is 0 Å². The molecule has 3 aliphatic heterocycles. The molecule has 0 radical (unpaired) electrons. The number of sulfonamides is 1. The number of Topliss-reactive ketones (excluding diaryl/α,β-unsaturated/α-hetero) is 1. The largest absolute Gasteiger partial charge is 0.493 e. The second-order valence-electron chi connectivity index (χ2n) is 10.3. The maximum atomic E-state index is 14.1. The zero-order chi connectivity index (χ0) is 28.2. The van der Waals surface area contributed by atoms with E-state index in [2.05, 4.69) is 5.10 Å². The Morgan fingerprint density at radius 1 is 1.15 bits per heavy atom. The van der Waals surface area contributed by atoms with Crippen molar-refractivity contribution in [1.82, 2.24) is 14.7 Å². The van der Waals surface area contributed by atoms with E-state index in [1.54, 1.807) is 16.7 Å². The molecule has 1 aromatic heterocycles. The number of hydrogen-bond acceptors (Lipinski definition) is 8. The van der Waals surface area contributed by atoms with Gasteiger partial charge in [0.05, 0.1) is 18.4 Å². The Balaban J connectivity index is 1.76. The normalized spacial score (nSPS) is 24.9. The molecule has 1 aromatic carbocycles. The second-order valence-corrected chi connectivity index (χ2v) is 12.7. The van der Waals surface area contributed by atoms with E-state index in [-0.39, 0.29) is 42.0 Å². The first-order chi connectivity index (χ1) is 18.5. The molecule has 0 spiro atoms. The summed E-state index contributed by atoms with van der Waals surface area (Å²) < 4.78 is 49.2. The molecule has 210 valence electrons. The summed E-state index contributed by atoms with van der Waals surface area (Å²) in [7, 11) is -2.60. The zero-order valence-corrected chi connectivity index (χ0v) is 23.2. The van der Waals surface area contributed by atoms with Crippen molar-refractivity contribution in [3.63, 3.8) is 0 Å². The molecule has 3 atom stereocenters. The number of piperazine rings is 1. The molecule has 2 bridgehead atoms. The first-order valence-corrected chi connectivity index (χ1v) is 14.6. The van der Waals surface area contributed by atoms with Crippen LogP contribution in [0.1, 0.15) is 56.0 Å². The standard InChI is InChI=1S/C26H32FN5O6S/c1-5-30-13-15(2)32-21-20(23(33)22(32)26(30)35)25(34)31-14-17-9-10-18(27)12-19(17)38-11-7-6-8-16(3)39(36,37)29(4)24(21)28-31/h9-10,12,15-16,22H,5-8,11,13-14H2,1-4H3/t15-,16+,22?/m0/s1. The van der Waals surface area contributed by atoms with Crippen LogP contribution in [0, 0.1) is 5.82 Å². The van der Waals surface area contributed by atoms with Crippen LogP contribution in [0.3, 0.4) is 0 Å². The molecule has 13 heteroatoms. The lowest BCUT2D eigenvalue weighted by Gasteiger charge is -2.42. The van der Waals surface area contributed by atoms with Crippen molar-refractivity contribution in [2.75, 3.05) is 35.9 Å². The third-order valence-corrected chi connectivity index (χ3v) is 10.0. The molecule has 3 aliphatic rings. The van der Waals surface area contributed by atoms with Crippen molar-refractivity contribution in [2.24, 2.45) is 0 Å². The highest BCUT2D eigenvalue weighted by Gasteiger charge is 2.53. The van der Waals surface area contributed by atoms with E-state index in [0.717, 1.165) is 8.99 Å². The molecule has 39 heavy (non-hydrogen) atoms. The highest BCUT2D eigenvalue weighted by molar-refractivity contribution is 7.93. The van der Waals surface area contributed by atoms with Crippen molar-refractivity contribution in [3.05, 3.63) is 45.5 Å². The van der Waals surface area contributed by atoms with E-state index in [4.69, 9.17) is 4.74 Å². The van der Waals surface area contributed by atoms with Crippen molar-refractivity contribution in [1.29, 1.82) is 0 Å². The highest BCUT2D eigenvalue weighted by Crippen LogP contribution is 2.42. The molecule has 0 N–H and O–H groups in total. The summed E-state index contributed by atoms with van der Waals surface area (Å²) >= 11 is 0. The van der Waals surface area contributed by atoms with Gasteiger partial charge in [0.25, 0.3) is 11.5 Å². The van der Waals surface area contributed by atoms with Crippen LogP contribution in [0.5, 0.6) is 5.75 Å². The molecule has 1 unspecified atom stereocenters. The van der Waals surface area contributed by atoms with Gasteiger partial charge in [0, 0.05) is 37.8 Å². The summed E-state index contributed by atoms with van der Waals surface area (Å²) in [6, 6.07) is 2.28. The number of anilines is 2. The topological polar surface area (TPSA) is 122 Å². The van der Waals surface area contributed by atoms with Crippen LogP contribution in [0.4, 0.5) is 15.9 Å². The average Bonchev–Trinajstić information content (AvgIpc) is 3.21. The minimum atomic E-state index is -3.96. The number of aromatic nitrogens is 2. The Hall–Kier alpha value is -3.48. The van der Waals surface area contributed by atoms with Crippen LogP contribution in [-0.2, 0) is 21.4 Å². The number of rotatable bonds is 1. The number of benzene rings is 1. The number of fused-ring (bicyclic) bond motifs is 7. The lowest BCUT2D eigenvalue weighted by molar-refractivity contribution is -0.133. The average molecular weight is 562 g/mol. The van der Waals surface area contributed by atoms with Gasteiger partial charge in [0.15, 0.2) is 11.9 Å². The van der Waals surface area contributed by atoms with Crippen molar-refractivity contribution in [3.8, 4) is 5.75 Å². The third kappa shape index (κ3) is 4.36.